The smallest absolute Gasteiger partial charge is 0.251 e. The second-order valence-electron chi connectivity index (χ2n) is 6.66. The minimum Gasteiger partial charge on any atom is -0.495 e. The van der Waals surface area contributed by atoms with Crippen LogP contribution < -0.4 is 14.8 Å². The zero-order chi connectivity index (χ0) is 21.6. The van der Waals surface area contributed by atoms with Gasteiger partial charge in [-0.2, -0.15) is 0 Å². The van der Waals surface area contributed by atoms with Gasteiger partial charge in [-0.1, -0.05) is 60.7 Å². The van der Waals surface area contributed by atoms with Gasteiger partial charge in [0.25, 0.3) is 5.91 Å². The Morgan fingerprint density at radius 2 is 1.50 bits per heavy atom. The first-order valence-electron chi connectivity index (χ1n) is 9.46. The summed E-state index contributed by atoms with van der Waals surface area (Å²) in [4.78, 5) is 12.7. The Morgan fingerprint density at radius 3 is 2.00 bits per heavy atom. The highest BCUT2D eigenvalue weighted by molar-refractivity contribution is 7.89. The summed E-state index contributed by atoms with van der Waals surface area (Å²) in [6.07, 6.45) is 0. The molecule has 30 heavy (non-hydrogen) atoms. The molecule has 1 amide bonds. The first kappa shape index (κ1) is 21.5. The number of carbonyl (C=O) groups is 1. The SMILES string of the molecule is CNS(=O)(=O)c1cc(C(=O)NCC(c2ccccc2)c2ccccc2)ccc1OC. The Balaban J connectivity index is 1.85. The third kappa shape index (κ3) is 4.87. The number of methoxy groups -OCH3 is 1. The summed E-state index contributed by atoms with van der Waals surface area (Å²) in [5.74, 6) is -0.218. The molecule has 0 atom stereocenters. The van der Waals surface area contributed by atoms with Crippen LogP contribution in [0.3, 0.4) is 0 Å². The molecular formula is C23H24N2O4S. The monoisotopic (exact) mass is 424 g/mol. The number of ether oxygens (including phenoxy) is 1. The van der Waals surface area contributed by atoms with Gasteiger partial charge in [0.1, 0.15) is 10.6 Å². The normalized spacial score (nSPS) is 11.3. The van der Waals surface area contributed by atoms with Crippen LogP contribution in [0, 0.1) is 0 Å². The number of rotatable bonds is 8. The fourth-order valence-electron chi connectivity index (χ4n) is 3.23. The van der Waals surface area contributed by atoms with Crippen LogP contribution in [-0.4, -0.2) is 35.0 Å². The van der Waals surface area contributed by atoms with Gasteiger partial charge in [-0.05, 0) is 36.4 Å². The van der Waals surface area contributed by atoms with E-state index >= 15 is 0 Å². The summed E-state index contributed by atoms with van der Waals surface area (Å²) in [5.41, 5.74) is 2.40. The molecule has 0 aliphatic heterocycles. The van der Waals surface area contributed by atoms with Gasteiger partial charge in [-0.15, -0.1) is 0 Å². The molecule has 3 aromatic rings. The second-order valence-corrected chi connectivity index (χ2v) is 8.51. The molecular weight excluding hydrogens is 400 g/mol. The molecule has 0 radical (unpaired) electrons. The van der Waals surface area contributed by atoms with Crippen LogP contribution in [0.2, 0.25) is 0 Å². The van der Waals surface area contributed by atoms with E-state index in [2.05, 4.69) is 10.0 Å². The summed E-state index contributed by atoms with van der Waals surface area (Å²) in [6.45, 7) is 0.368. The maximum absolute atomic E-state index is 12.8. The average Bonchev–Trinajstić information content (AvgIpc) is 2.80. The zero-order valence-electron chi connectivity index (χ0n) is 16.8. The van der Waals surface area contributed by atoms with E-state index in [1.54, 1.807) is 6.07 Å². The number of benzene rings is 3. The van der Waals surface area contributed by atoms with E-state index in [1.807, 2.05) is 60.7 Å². The van der Waals surface area contributed by atoms with Gasteiger partial charge in [0, 0.05) is 18.0 Å². The van der Waals surface area contributed by atoms with Crippen molar-refractivity contribution in [3.63, 3.8) is 0 Å². The van der Waals surface area contributed by atoms with Crippen molar-refractivity contribution in [3.8, 4) is 5.75 Å². The molecule has 0 aliphatic carbocycles. The van der Waals surface area contributed by atoms with Crippen molar-refractivity contribution >= 4 is 15.9 Å². The molecule has 0 spiro atoms. The van der Waals surface area contributed by atoms with E-state index in [9.17, 15) is 13.2 Å². The van der Waals surface area contributed by atoms with Gasteiger partial charge >= 0.3 is 0 Å². The molecule has 0 unspecified atom stereocenters. The number of carbonyl (C=O) groups excluding carboxylic acids is 1. The Hall–Kier alpha value is -3.16. The van der Waals surface area contributed by atoms with Gasteiger partial charge < -0.3 is 10.1 Å². The van der Waals surface area contributed by atoms with Crippen LogP contribution in [0.4, 0.5) is 0 Å². The molecule has 0 saturated heterocycles. The van der Waals surface area contributed by atoms with Gasteiger partial charge in [0.05, 0.1) is 7.11 Å². The van der Waals surface area contributed by atoms with Crippen LogP contribution in [0.1, 0.15) is 27.4 Å². The van der Waals surface area contributed by atoms with Crippen LogP contribution >= 0.6 is 0 Å². The summed E-state index contributed by atoms with van der Waals surface area (Å²) < 4.78 is 31.9. The van der Waals surface area contributed by atoms with E-state index in [4.69, 9.17) is 4.74 Å². The van der Waals surface area contributed by atoms with Crippen molar-refractivity contribution in [1.29, 1.82) is 0 Å². The molecule has 7 heteroatoms. The average molecular weight is 425 g/mol. The second kappa shape index (κ2) is 9.56. The molecule has 3 aromatic carbocycles. The highest BCUT2D eigenvalue weighted by atomic mass is 32.2. The topological polar surface area (TPSA) is 84.5 Å². The molecule has 0 aromatic heterocycles. The standard InChI is InChI=1S/C23H24N2O4S/c1-24-30(27,28)22-15-19(13-14-21(22)29-2)23(26)25-16-20(17-9-5-3-6-10-17)18-11-7-4-8-12-18/h3-15,20,24H,16H2,1-2H3,(H,25,26). The van der Waals surface area contributed by atoms with Crippen LogP contribution in [0.25, 0.3) is 0 Å². The van der Waals surface area contributed by atoms with Crippen LogP contribution in [0.15, 0.2) is 83.8 Å². The zero-order valence-corrected chi connectivity index (χ0v) is 17.6. The molecule has 0 heterocycles. The lowest BCUT2D eigenvalue weighted by molar-refractivity contribution is 0.0952. The van der Waals surface area contributed by atoms with Crippen molar-refractivity contribution in [2.45, 2.75) is 10.8 Å². The minimum atomic E-state index is -3.77. The van der Waals surface area contributed by atoms with Gasteiger partial charge in [-0.25, -0.2) is 13.1 Å². The van der Waals surface area contributed by atoms with Gasteiger partial charge in [0.15, 0.2) is 0 Å². The largest absolute Gasteiger partial charge is 0.495 e. The lowest BCUT2D eigenvalue weighted by Gasteiger charge is -2.19. The van der Waals surface area contributed by atoms with Crippen molar-refractivity contribution in [2.75, 3.05) is 20.7 Å². The molecule has 3 rings (SSSR count). The lowest BCUT2D eigenvalue weighted by Crippen LogP contribution is -2.29. The van der Waals surface area contributed by atoms with Crippen molar-refractivity contribution in [2.24, 2.45) is 0 Å². The molecule has 156 valence electrons. The highest BCUT2D eigenvalue weighted by Crippen LogP contribution is 2.26. The first-order valence-corrected chi connectivity index (χ1v) is 10.9. The summed E-state index contributed by atoms with van der Waals surface area (Å²) >= 11 is 0. The van der Waals surface area contributed by atoms with E-state index in [1.165, 1.54) is 26.3 Å². The Morgan fingerprint density at radius 1 is 0.933 bits per heavy atom. The summed E-state index contributed by atoms with van der Waals surface area (Å²) in [7, 11) is -1.07. The Bertz CT molecular complexity index is 1060. The summed E-state index contributed by atoms with van der Waals surface area (Å²) in [5, 5.41) is 2.94. The van der Waals surface area contributed by atoms with Gasteiger partial charge in [-0.3, -0.25) is 4.79 Å². The van der Waals surface area contributed by atoms with Crippen molar-refractivity contribution < 1.29 is 17.9 Å². The number of sulfonamides is 1. The third-order valence-electron chi connectivity index (χ3n) is 4.85. The quantitative estimate of drug-likeness (QED) is 0.582. The van der Waals surface area contributed by atoms with Gasteiger partial charge in [0.2, 0.25) is 10.0 Å². The van der Waals surface area contributed by atoms with Crippen LogP contribution in [0.5, 0.6) is 5.75 Å². The third-order valence-corrected chi connectivity index (χ3v) is 6.29. The Labute approximate surface area is 177 Å². The van der Waals surface area contributed by atoms with Crippen molar-refractivity contribution in [1.82, 2.24) is 10.0 Å². The maximum Gasteiger partial charge on any atom is 0.251 e. The minimum absolute atomic E-state index is 0.0323. The number of nitrogens with one attached hydrogen (secondary N) is 2. The molecule has 6 nitrogen and oxygen atoms in total. The fraction of sp³-hybridized carbons (Fsp3) is 0.174. The van der Waals surface area contributed by atoms with E-state index in [0.717, 1.165) is 11.1 Å². The predicted octanol–water partition coefficient (Wildman–Crippen LogP) is 3.17. The van der Waals surface area contributed by atoms with Crippen molar-refractivity contribution in [3.05, 3.63) is 95.6 Å². The molecule has 0 bridgehead atoms. The molecule has 0 aliphatic rings. The molecule has 0 saturated carbocycles. The maximum atomic E-state index is 12.8. The molecule has 0 fully saturated rings. The van der Waals surface area contributed by atoms with E-state index in [0.29, 0.717) is 6.54 Å². The highest BCUT2D eigenvalue weighted by Gasteiger charge is 2.21. The predicted molar refractivity (Wildman–Crippen MR) is 116 cm³/mol. The van der Waals surface area contributed by atoms with E-state index < -0.39 is 10.0 Å². The first-order chi connectivity index (χ1) is 14.5. The van der Waals surface area contributed by atoms with E-state index in [-0.39, 0.29) is 28.0 Å². The Kier molecular flexibility index (Phi) is 6.87. The number of hydrogen-bond donors (Lipinski definition) is 2. The number of amides is 1. The molecule has 2 N–H and O–H groups in total. The summed E-state index contributed by atoms with van der Waals surface area (Å²) in [6, 6.07) is 24.2. The number of hydrogen-bond acceptors (Lipinski definition) is 4. The lowest BCUT2D eigenvalue weighted by atomic mass is 9.91. The van der Waals surface area contributed by atoms with Crippen LogP contribution in [-0.2, 0) is 10.0 Å². The fourth-order valence-corrected chi connectivity index (χ4v) is 4.15.